The molecule has 0 saturated heterocycles. The minimum atomic E-state index is -0.419. The van der Waals surface area contributed by atoms with Crippen molar-refractivity contribution in [3.8, 4) is 0 Å². The number of esters is 1. The number of carbonyl (C=O) groups excluding carboxylic acids is 3. The van der Waals surface area contributed by atoms with E-state index in [1.54, 1.807) is 0 Å². The van der Waals surface area contributed by atoms with Crippen LogP contribution < -0.4 is 0 Å². The Hall–Kier alpha value is -2.97. The molecule has 0 N–H and O–H groups in total. The summed E-state index contributed by atoms with van der Waals surface area (Å²) in [6.45, 7) is 4.19. The molecule has 4 heteroatoms. The summed E-state index contributed by atoms with van der Waals surface area (Å²) < 4.78 is 5.57. The topological polar surface area (TPSA) is 60.4 Å². The fraction of sp³-hybridized carbons (Fsp3) is 0.238. The maximum absolute atomic E-state index is 12.6. The van der Waals surface area contributed by atoms with Gasteiger partial charge in [-0.15, -0.1) is 6.58 Å². The van der Waals surface area contributed by atoms with Crippen LogP contribution >= 0.6 is 0 Å². The molecule has 2 aromatic rings. The van der Waals surface area contributed by atoms with Gasteiger partial charge in [0.25, 0.3) is 0 Å². The number of benzene rings is 2. The van der Waals surface area contributed by atoms with Crippen LogP contribution in [0.4, 0.5) is 0 Å². The standard InChI is InChI=1S/C20H20O2.CO2/c1-2-18-14-20(18,13-16-9-5-3-6-10-16)19(21)22-15-17-11-7-4-8-12-17;2-1-3/h2-12,18H,1,13-15H2;. The molecule has 2 unspecified atom stereocenters. The molecule has 0 amide bonds. The highest BCUT2D eigenvalue weighted by atomic mass is 16.5. The predicted octanol–water partition coefficient (Wildman–Crippen LogP) is 3.58. The van der Waals surface area contributed by atoms with Crippen LogP contribution in [0, 0.1) is 11.3 Å². The Balaban J connectivity index is 0.000000701. The molecule has 0 aromatic heterocycles. The molecule has 128 valence electrons. The van der Waals surface area contributed by atoms with E-state index in [4.69, 9.17) is 14.3 Å². The van der Waals surface area contributed by atoms with Gasteiger partial charge in [0.1, 0.15) is 6.61 Å². The molecule has 2 aromatic carbocycles. The van der Waals surface area contributed by atoms with Crippen LogP contribution in [0.3, 0.4) is 0 Å². The van der Waals surface area contributed by atoms with Gasteiger partial charge in [-0.3, -0.25) is 4.79 Å². The zero-order valence-electron chi connectivity index (χ0n) is 13.9. The summed E-state index contributed by atoms with van der Waals surface area (Å²) in [5.41, 5.74) is 1.77. The number of hydrogen-bond donors (Lipinski definition) is 0. The maximum atomic E-state index is 12.6. The summed E-state index contributed by atoms with van der Waals surface area (Å²) in [6, 6.07) is 19.9. The van der Waals surface area contributed by atoms with Crippen molar-refractivity contribution in [2.75, 3.05) is 0 Å². The second-order valence-corrected chi connectivity index (χ2v) is 6.01. The van der Waals surface area contributed by atoms with E-state index in [0.29, 0.717) is 6.61 Å². The van der Waals surface area contributed by atoms with Crippen molar-refractivity contribution in [3.63, 3.8) is 0 Å². The third-order valence-electron chi connectivity index (χ3n) is 4.40. The van der Waals surface area contributed by atoms with Crippen molar-refractivity contribution in [2.24, 2.45) is 11.3 Å². The molecule has 0 spiro atoms. The van der Waals surface area contributed by atoms with Crippen molar-refractivity contribution < 1.29 is 19.1 Å². The van der Waals surface area contributed by atoms with Gasteiger partial charge in [-0.1, -0.05) is 66.7 Å². The molecule has 0 aliphatic heterocycles. The summed E-state index contributed by atoms with van der Waals surface area (Å²) in [6.07, 6.45) is 3.68. The Bertz CT molecular complexity index is 733. The highest BCUT2D eigenvalue weighted by molar-refractivity contribution is 5.81. The molecule has 4 nitrogen and oxygen atoms in total. The summed E-state index contributed by atoms with van der Waals surface area (Å²) in [5.74, 6) is 0.112. The number of ether oxygens (including phenoxy) is 1. The lowest BCUT2D eigenvalue weighted by Crippen LogP contribution is -2.23. The van der Waals surface area contributed by atoms with Gasteiger partial charge in [0, 0.05) is 0 Å². The van der Waals surface area contributed by atoms with Gasteiger partial charge in [0.15, 0.2) is 0 Å². The maximum Gasteiger partial charge on any atom is 0.373 e. The van der Waals surface area contributed by atoms with Crippen molar-refractivity contribution in [3.05, 3.63) is 84.4 Å². The number of carbonyl (C=O) groups is 1. The average molecular weight is 336 g/mol. The highest BCUT2D eigenvalue weighted by Crippen LogP contribution is 2.56. The summed E-state index contributed by atoms with van der Waals surface area (Å²) in [5, 5.41) is 0. The fourth-order valence-electron chi connectivity index (χ4n) is 2.98. The largest absolute Gasteiger partial charge is 0.460 e. The minimum absolute atomic E-state index is 0.106. The normalized spacial score (nSPS) is 20.4. The van der Waals surface area contributed by atoms with E-state index < -0.39 is 5.41 Å². The van der Waals surface area contributed by atoms with Gasteiger partial charge in [-0.05, 0) is 29.9 Å². The first-order valence-electron chi connectivity index (χ1n) is 8.03. The van der Waals surface area contributed by atoms with Gasteiger partial charge in [-0.25, -0.2) is 0 Å². The van der Waals surface area contributed by atoms with Crippen LogP contribution in [0.25, 0.3) is 0 Å². The lowest BCUT2D eigenvalue weighted by atomic mass is 9.94. The Morgan fingerprint density at radius 3 is 2.08 bits per heavy atom. The molecule has 0 heterocycles. The van der Waals surface area contributed by atoms with E-state index in [0.717, 1.165) is 18.4 Å². The quantitative estimate of drug-likeness (QED) is 0.597. The molecule has 0 radical (unpaired) electrons. The Labute approximate surface area is 147 Å². The summed E-state index contributed by atoms with van der Waals surface area (Å²) >= 11 is 0. The van der Waals surface area contributed by atoms with Crippen molar-refractivity contribution in [1.29, 1.82) is 0 Å². The van der Waals surface area contributed by atoms with E-state index in [2.05, 4.69) is 18.7 Å². The minimum Gasteiger partial charge on any atom is -0.460 e. The van der Waals surface area contributed by atoms with E-state index in [1.165, 1.54) is 5.56 Å². The fourth-order valence-corrected chi connectivity index (χ4v) is 2.98. The van der Waals surface area contributed by atoms with Crippen molar-refractivity contribution in [1.82, 2.24) is 0 Å². The van der Waals surface area contributed by atoms with Crippen LogP contribution in [-0.4, -0.2) is 12.1 Å². The smallest absolute Gasteiger partial charge is 0.373 e. The Kier molecular flexibility index (Phi) is 6.44. The first kappa shape index (κ1) is 18.4. The van der Waals surface area contributed by atoms with Crippen LogP contribution in [-0.2, 0) is 32.1 Å². The van der Waals surface area contributed by atoms with Gasteiger partial charge in [0.05, 0.1) is 5.41 Å². The third-order valence-corrected chi connectivity index (χ3v) is 4.40. The lowest BCUT2D eigenvalue weighted by Gasteiger charge is -2.16. The zero-order chi connectivity index (χ0) is 18.1. The molecule has 0 bridgehead atoms. The number of rotatable bonds is 6. The molecule has 1 aliphatic carbocycles. The number of hydrogen-bond acceptors (Lipinski definition) is 4. The molecule has 2 atom stereocenters. The van der Waals surface area contributed by atoms with Gasteiger partial charge in [-0.2, -0.15) is 9.59 Å². The van der Waals surface area contributed by atoms with Crippen molar-refractivity contribution >= 4 is 12.1 Å². The first-order valence-corrected chi connectivity index (χ1v) is 8.03. The predicted molar refractivity (Wildman–Crippen MR) is 92.1 cm³/mol. The van der Waals surface area contributed by atoms with E-state index in [-0.39, 0.29) is 18.0 Å². The molecule has 25 heavy (non-hydrogen) atoms. The highest BCUT2D eigenvalue weighted by Gasteiger charge is 2.59. The molecule has 1 fully saturated rings. The summed E-state index contributed by atoms with van der Waals surface area (Å²) in [4.78, 5) is 28.9. The molecule has 3 rings (SSSR count). The molecular formula is C21H20O4. The molecule has 1 saturated carbocycles. The van der Waals surface area contributed by atoms with Gasteiger partial charge >= 0.3 is 12.1 Å². The van der Waals surface area contributed by atoms with Crippen LogP contribution in [0.5, 0.6) is 0 Å². The zero-order valence-corrected chi connectivity index (χ0v) is 13.9. The van der Waals surface area contributed by atoms with Gasteiger partial charge in [0.2, 0.25) is 0 Å². The molecular weight excluding hydrogens is 316 g/mol. The average Bonchev–Trinajstić information content (AvgIpc) is 3.36. The van der Waals surface area contributed by atoms with E-state index >= 15 is 0 Å². The third kappa shape index (κ3) is 4.75. The van der Waals surface area contributed by atoms with Crippen LogP contribution in [0.1, 0.15) is 17.5 Å². The SMILES string of the molecule is C=CC1CC1(Cc1ccccc1)C(=O)OCc1ccccc1.O=C=O. The second-order valence-electron chi connectivity index (χ2n) is 6.01. The van der Waals surface area contributed by atoms with Crippen LogP contribution in [0.15, 0.2) is 73.3 Å². The first-order chi connectivity index (χ1) is 12.2. The van der Waals surface area contributed by atoms with Crippen molar-refractivity contribution in [2.45, 2.75) is 19.4 Å². The van der Waals surface area contributed by atoms with Crippen LogP contribution in [0.2, 0.25) is 0 Å². The molecule has 1 aliphatic rings. The van der Waals surface area contributed by atoms with E-state index in [1.807, 2.05) is 54.6 Å². The summed E-state index contributed by atoms with van der Waals surface area (Å²) in [7, 11) is 0. The lowest BCUT2D eigenvalue weighted by molar-refractivity contribution is -0.191. The Morgan fingerprint density at radius 2 is 1.60 bits per heavy atom. The number of allylic oxidation sites excluding steroid dienone is 1. The Morgan fingerprint density at radius 1 is 1.08 bits per heavy atom. The van der Waals surface area contributed by atoms with Gasteiger partial charge < -0.3 is 4.74 Å². The second kappa shape index (κ2) is 8.76. The van der Waals surface area contributed by atoms with E-state index in [9.17, 15) is 4.79 Å². The monoisotopic (exact) mass is 336 g/mol.